The summed E-state index contributed by atoms with van der Waals surface area (Å²) < 4.78 is 27.6. The number of thiophene rings is 1. The van der Waals surface area contributed by atoms with Gasteiger partial charge in [0.15, 0.2) is 0 Å². The number of sulfonamides is 1. The van der Waals surface area contributed by atoms with Gasteiger partial charge in [-0.2, -0.15) is 4.31 Å². The molecule has 1 aromatic heterocycles. The van der Waals surface area contributed by atoms with Crippen molar-refractivity contribution in [2.75, 3.05) is 11.9 Å². The Kier molecular flexibility index (Phi) is 6.02. The van der Waals surface area contributed by atoms with E-state index in [0.29, 0.717) is 27.9 Å². The van der Waals surface area contributed by atoms with E-state index in [9.17, 15) is 13.2 Å². The Morgan fingerprint density at radius 1 is 1.31 bits per heavy atom. The van der Waals surface area contributed by atoms with E-state index in [0.717, 1.165) is 18.4 Å². The Morgan fingerprint density at radius 2 is 2.12 bits per heavy atom. The van der Waals surface area contributed by atoms with Crippen LogP contribution in [0.2, 0.25) is 5.02 Å². The van der Waals surface area contributed by atoms with Crippen molar-refractivity contribution in [3.05, 3.63) is 46.3 Å². The molecule has 0 aliphatic carbocycles. The number of hydrogen-bond donors (Lipinski definition) is 1. The summed E-state index contributed by atoms with van der Waals surface area (Å²) in [7, 11) is -3.55. The van der Waals surface area contributed by atoms with E-state index in [4.69, 9.17) is 11.6 Å². The van der Waals surface area contributed by atoms with Gasteiger partial charge in [0, 0.05) is 29.7 Å². The van der Waals surface area contributed by atoms with Crippen molar-refractivity contribution in [2.24, 2.45) is 0 Å². The number of carbonyl (C=O) groups excluding carboxylic acids is 1. The summed E-state index contributed by atoms with van der Waals surface area (Å²) in [4.78, 5) is 12.5. The van der Waals surface area contributed by atoms with Crippen LogP contribution in [-0.4, -0.2) is 31.2 Å². The number of anilines is 1. The van der Waals surface area contributed by atoms with Crippen LogP contribution in [0, 0.1) is 6.92 Å². The van der Waals surface area contributed by atoms with Crippen LogP contribution in [0.15, 0.2) is 39.9 Å². The van der Waals surface area contributed by atoms with Crippen LogP contribution in [0.5, 0.6) is 0 Å². The fraction of sp³-hybridized carbons (Fsp3) is 0.389. The molecule has 2 aromatic rings. The number of halogens is 1. The highest BCUT2D eigenvalue weighted by Crippen LogP contribution is 2.30. The number of amides is 1. The molecule has 3 rings (SSSR count). The average Bonchev–Trinajstić information content (AvgIpc) is 3.15. The first-order chi connectivity index (χ1) is 12.4. The molecule has 1 N–H and O–H groups in total. The first kappa shape index (κ1) is 19.4. The summed E-state index contributed by atoms with van der Waals surface area (Å²) in [5, 5.41) is 5.20. The molecular formula is C18H21ClN2O3S2. The second-order valence-corrected chi connectivity index (χ2v) is 9.83. The number of hydrogen-bond acceptors (Lipinski definition) is 4. The summed E-state index contributed by atoms with van der Waals surface area (Å²) in [6, 6.07) is 8.35. The number of nitrogens with one attached hydrogen (secondary N) is 1. The summed E-state index contributed by atoms with van der Waals surface area (Å²) in [6.07, 6.45) is 2.56. The predicted molar refractivity (Wildman–Crippen MR) is 105 cm³/mol. The van der Waals surface area contributed by atoms with Gasteiger partial charge < -0.3 is 5.32 Å². The second-order valence-electron chi connectivity index (χ2n) is 6.36. The topological polar surface area (TPSA) is 66.5 Å². The minimum absolute atomic E-state index is 0.135. The van der Waals surface area contributed by atoms with Crippen LogP contribution in [0.25, 0.3) is 0 Å². The van der Waals surface area contributed by atoms with Gasteiger partial charge in [0.1, 0.15) is 4.21 Å². The van der Waals surface area contributed by atoms with E-state index < -0.39 is 10.0 Å². The largest absolute Gasteiger partial charge is 0.326 e. The van der Waals surface area contributed by atoms with E-state index >= 15 is 0 Å². The van der Waals surface area contributed by atoms with Crippen LogP contribution in [0.3, 0.4) is 0 Å². The number of piperidine rings is 1. The van der Waals surface area contributed by atoms with Crippen LogP contribution < -0.4 is 5.32 Å². The van der Waals surface area contributed by atoms with Crippen LogP contribution in [0.1, 0.15) is 31.2 Å². The van der Waals surface area contributed by atoms with E-state index in [1.165, 1.54) is 15.6 Å². The molecule has 1 atom stereocenters. The van der Waals surface area contributed by atoms with Gasteiger partial charge in [-0.25, -0.2) is 8.42 Å². The third-order valence-corrected chi connectivity index (χ3v) is 8.33. The summed E-state index contributed by atoms with van der Waals surface area (Å²) in [6.45, 7) is 2.29. The van der Waals surface area contributed by atoms with Crippen molar-refractivity contribution in [1.82, 2.24) is 4.31 Å². The van der Waals surface area contributed by atoms with Gasteiger partial charge in [0.25, 0.3) is 10.0 Å². The fourth-order valence-electron chi connectivity index (χ4n) is 3.18. The molecule has 140 valence electrons. The van der Waals surface area contributed by atoms with Crippen LogP contribution >= 0.6 is 22.9 Å². The van der Waals surface area contributed by atoms with Gasteiger partial charge in [0.2, 0.25) is 5.91 Å². The fourth-order valence-corrected chi connectivity index (χ4v) is 6.17. The van der Waals surface area contributed by atoms with Crippen molar-refractivity contribution in [2.45, 2.75) is 42.9 Å². The van der Waals surface area contributed by atoms with Crippen LogP contribution in [-0.2, 0) is 14.8 Å². The number of rotatable bonds is 5. The van der Waals surface area contributed by atoms with E-state index in [1.807, 2.05) is 6.92 Å². The maximum Gasteiger partial charge on any atom is 0.252 e. The molecule has 1 aliphatic rings. The van der Waals surface area contributed by atoms with Crippen molar-refractivity contribution < 1.29 is 13.2 Å². The molecule has 0 spiro atoms. The van der Waals surface area contributed by atoms with Crippen LogP contribution in [0.4, 0.5) is 5.69 Å². The smallest absolute Gasteiger partial charge is 0.252 e. The quantitative estimate of drug-likeness (QED) is 0.796. The first-order valence-electron chi connectivity index (χ1n) is 8.50. The average molecular weight is 413 g/mol. The number of nitrogens with zero attached hydrogens (tertiary/aromatic N) is 1. The lowest BCUT2D eigenvalue weighted by Gasteiger charge is -2.34. The zero-order chi connectivity index (χ0) is 18.7. The Labute approximate surface area is 163 Å². The zero-order valence-corrected chi connectivity index (χ0v) is 16.8. The molecule has 2 heterocycles. The maximum absolute atomic E-state index is 12.9. The molecule has 1 aliphatic heterocycles. The summed E-state index contributed by atoms with van der Waals surface area (Å²) in [5.41, 5.74) is 1.46. The molecule has 1 fully saturated rings. The molecule has 1 amide bonds. The lowest BCUT2D eigenvalue weighted by atomic mass is 10.0. The van der Waals surface area contributed by atoms with Gasteiger partial charge in [-0.15, -0.1) is 11.3 Å². The molecule has 1 saturated heterocycles. The number of benzene rings is 1. The predicted octanol–water partition coefficient (Wildman–Crippen LogP) is 4.28. The highest BCUT2D eigenvalue weighted by molar-refractivity contribution is 7.91. The third kappa shape index (κ3) is 4.11. The molecule has 0 unspecified atom stereocenters. The standard InChI is InChI=1S/C18H21ClN2O3S2/c1-13-15(19)7-4-8-16(13)20-17(22)12-14-6-2-3-10-21(14)26(23,24)18-9-5-11-25-18/h4-5,7-9,11,14H,2-3,6,10,12H2,1H3,(H,20,22)/t14-/m1/s1. The van der Waals surface area contributed by atoms with Gasteiger partial charge >= 0.3 is 0 Å². The first-order valence-corrected chi connectivity index (χ1v) is 11.2. The van der Waals surface area contributed by atoms with Gasteiger partial charge in [-0.05, 0) is 48.9 Å². The Morgan fingerprint density at radius 3 is 2.85 bits per heavy atom. The van der Waals surface area contributed by atoms with E-state index in [-0.39, 0.29) is 18.4 Å². The maximum atomic E-state index is 12.9. The Balaban J connectivity index is 1.74. The minimum Gasteiger partial charge on any atom is -0.326 e. The van der Waals surface area contributed by atoms with Crippen molar-refractivity contribution in [3.63, 3.8) is 0 Å². The normalized spacial score (nSPS) is 18.6. The number of carbonyl (C=O) groups is 1. The van der Waals surface area contributed by atoms with Crippen molar-refractivity contribution in [1.29, 1.82) is 0 Å². The molecule has 0 saturated carbocycles. The highest BCUT2D eigenvalue weighted by atomic mass is 35.5. The molecule has 1 aromatic carbocycles. The molecule has 8 heteroatoms. The van der Waals surface area contributed by atoms with Crippen molar-refractivity contribution in [3.8, 4) is 0 Å². The molecule has 0 radical (unpaired) electrons. The van der Waals surface area contributed by atoms with Gasteiger partial charge in [-0.1, -0.05) is 30.2 Å². The Bertz CT molecular complexity index is 882. The second kappa shape index (κ2) is 8.08. The van der Waals surface area contributed by atoms with Gasteiger partial charge in [-0.3, -0.25) is 4.79 Å². The lowest BCUT2D eigenvalue weighted by Crippen LogP contribution is -2.45. The third-order valence-electron chi connectivity index (χ3n) is 4.59. The van der Waals surface area contributed by atoms with E-state index in [2.05, 4.69) is 5.32 Å². The highest BCUT2D eigenvalue weighted by Gasteiger charge is 2.35. The molecule has 5 nitrogen and oxygen atoms in total. The molecular weight excluding hydrogens is 392 g/mol. The van der Waals surface area contributed by atoms with E-state index in [1.54, 1.807) is 35.7 Å². The lowest BCUT2D eigenvalue weighted by molar-refractivity contribution is -0.117. The summed E-state index contributed by atoms with van der Waals surface area (Å²) >= 11 is 7.30. The SMILES string of the molecule is Cc1c(Cl)cccc1NC(=O)C[C@H]1CCCCN1S(=O)(=O)c1cccs1. The molecule has 0 bridgehead atoms. The monoisotopic (exact) mass is 412 g/mol. The summed E-state index contributed by atoms with van der Waals surface area (Å²) in [5.74, 6) is -0.200. The Hall–Kier alpha value is -1.41. The zero-order valence-electron chi connectivity index (χ0n) is 14.4. The van der Waals surface area contributed by atoms with Gasteiger partial charge in [0.05, 0.1) is 0 Å². The molecule has 26 heavy (non-hydrogen) atoms. The van der Waals surface area contributed by atoms with Crippen molar-refractivity contribution >= 4 is 44.6 Å². The minimum atomic E-state index is -3.55.